The predicted octanol–water partition coefficient (Wildman–Crippen LogP) is 3.77. The molecule has 0 aliphatic heterocycles. The van der Waals surface area contributed by atoms with E-state index in [1.807, 2.05) is 51.1 Å². The maximum absolute atomic E-state index is 11.8. The normalized spacial score (nSPS) is 12.4. The van der Waals surface area contributed by atoms with Crippen molar-refractivity contribution in [3.63, 3.8) is 0 Å². The van der Waals surface area contributed by atoms with E-state index in [9.17, 15) is 14.8 Å². The number of carbonyl (C=O) groups excluding carboxylic acids is 2. The lowest BCUT2D eigenvalue weighted by atomic mass is 10.1. The van der Waals surface area contributed by atoms with Crippen molar-refractivity contribution in [1.29, 1.82) is 0 Å². The topological polar surface area (TPSA) is 76.1 Å². The Balaban J connectivity index is 2.26. The first-order valence-electron chi connectivity index (χ1n) is 8.09. The molecule has 0 bridgehead atoms. The largest absolute Gasteiger partial charge is 0.460 e. The Labute approximate surface area is 143 Å². The SMILES string of the molecule is C[C@@H](CCCN(O)C(=O)OCc1ccccc1)C(=O)OC(C)(C)C. The molecule has 0 saturated heterocycles. The molecule has 24 heavy (non-hydrogen) atoms. The Hall–Kier alpha value is -2.08. The second-order valence-corrected chi connectivity index (χ2v) is 6.74. The van der Waals surface area contributed by atoms with E-state index in [0.717, 1.165) is 5.56 Å². The van der Waals surface area contributed by atoms with Crippen molar-refractivity contribution in [2.24, 2.45) is 5.92 Å². The molecule has 1 N–H and O–H groups in total. The van der Waals surface area contributed by atoms with Crippen LogP contribution in [0.2, 0.25) is 0 Å². The minimum atomic E-state index is -0.802. The van der Waals surface area contributed by atoms with E-state index in [0.29, 0.717) is 17.9 Å². The van der Waals surface area contributed by atoms with Crippen molar-refractivity contribution < 1.29 is 24.3 Å². The lowest BCUT2D eigenvalue weighted by molar-refractivity contribution is -0.159. The number of hydrogen-bond donors (Lipinski definition) is 1. The summed E-state index contributed by atoms with van der Waals surface area (Å²) < 4.78 is 10.3. The van der Waals surface area contributed by atoms with Gasteiger partial charge < -0.3 is 9.47 Å². The van der Waals surface area contributed by atoms with E-state index in [1.54, 1.807) is 6.92 Å². The van der Waals surface area contributed by atoms with Gasteiger partial charge in [-0.1, -0.05) is 37.3 Å². The van der Waals surface area contributed by atoms with Crippen LogP contribution in [0.25, 0.3) is 0 Å². The van der Waals surface area contributed by atoms with Crippen LogP contribution < -0.4 is 0 Å². The summed E-state index contributed by atoms with van der Waals surface area (Å²) in [6.07, 6.45) is 0.179. The summed E-state index contributed by atoms with van der Waals surface area (Å²) in [5, 5.41) is 10.2. The average molecular weight is 337 g/mol. The molecule has 0 spiro atoms. The minimum absolute atomic E-state index is 0.0980. The first-order valence-corrected chi connectivity index (χ1v) is 8.09. The van der Waals surface area contributed by atoms with E-state index in [1.165, 1.54) is 0 Å². The molecular weight excluding hydrogens is 310 g/mol. The summed E-state index contributed by atoms with van der Waals surface area (Å²) >= 11 is 0. The zero-order valence-corrected chi connectivity index (χ0v) is 14.8. The highest BCUT2D eigenvalue weighted by molar-refractivity contribution is 5.72. The molecule has 0 heterocycles. The fourth-order valence-corrected chi connectivity index (χ4v) is 1.95. The maximum Gasteiger partial charge on any atom is 0.434 e. The molecule has 0 unspecified atom stereocenters. The number of ether oxygens (including phenoxy) is 2. The number of amides is 1. The summed E-state index contributed by atoms with van der Waals surface area (Å²) in [5.74, 6) is -0.573. The average Bonchev–Trinajstić information content (AvgIpc) is 2.51. The number of hydrogen-bond acceptors (Lipinski definition) is 5. The third-order valence-corrected chi connectivity index (χ3v) is 3.23. The van der Waals surface area contributed by atoms with Gasteiger partial charge in [0.2, 0.25) is 0 Å². The van der Waals surface area contributed by atoms with Crippen LogP contribution in [0.1, 0.15) is 46.1 Å². The fourth-order valence-electron chi connectivity index (χ4n) is 1.95. The molecule has 6 heteroatoms. The molecule has 0 radical (unpaired) electrons. The van der Waals surface area contributed by atoms with Crippen LogP contribution in [-0.2, 0) is 20.9 Å². The van der Waals surface area contributed by atoms with Gasteiger partial charge in [-0.2, -0.15) is 5.06 Å². The Morgan fingerprint density at radius 1 is 1.21 bits per heavy atom. The van der Waals surface area contributed by atoms with Gasteiger partial charge in [-0.25, -0.2) is 4.79 Å². The molecule has 0 aliphatic carbocycles. The molecule has 1 aromatic rings. The minimum Gasteiger partial charge on any atom is -0.460 e. The Morgan fingerprint density at radius 2 is 1.83 bits per heavy atom. The van der Waals surface area contributed by atoms with E-state index in [-0.39, 0.29) is 25.0 Å². The third-order valence-electron chi connectivity index (χ3n) is 3.23. The van der Waals surface area contributed by atoms with Gasteiger partial charge in [0.15, 0.2) is 0 Å². The summed E-state index contributed by atoms with van der Waals surface area (Å²) in [6, 6.07) is 9.22. The highest BCUT2D eigenvalue weighted by Gasteiger charge is 2.22. The lowest BCUT2D eigenvalue weighted by Crippen LogP contribution is -2.30. The number of hydroxylamine groups is 2. The van der Waals surface area contributed by atoms with Crippen molar-refractivity contribution in [2.45, 2.75) is 52.7 Å². The van der Waals surface area contributed by atoms with Crippen molar-refractivity contribution >= 4 is 12.1 Å². The molecule has 134 valence electrons. The Bertz CT molecular complexity index is 524. The van der Waals surface area contributed by atoms with Gasteiger partial charge in [-0.3, -0.25) is 10.0 Å². The lowest BCUT2D eigenvalue weighted by Gasteiger charge is -2.22. The Kier molecular flexibility index (Phi) is 7.71. The van der Waals surface area contributed by atoms with Gasteiger partial charge in [0.1, 0.15) is 12.2 Å². The smallest absolute Gasteiger partial charge is 0.434 e. The fraction of sp³-hybridized carbons (Fsp3) is 0.556. The monoisotopic (exact) mass is 337 g/mol. The van der Waals surface area contributed by atoms with Crippen molar-refractivity contribution in [3.05, 3.63) is 35.9 Å². The zero-order valence-electron chi connectivity index (χ0n) is 14.8. The summed E-state index contributed by atoms with van der Waals surface area (Å²) in [5.41, 5.74) is 0.327. The predicted molar refractivity (Wildman–Crippen MR) is 89.4 cm³/mol. The molecule has 6 nitrogen and oxygen atoms in total. The molecular formula is C18H27NO5. The van der Waals surface area contributed by atoms with Gasteiger partial charge in [-0.05, 0) is 39.2 Å². The van der Waals surface area contributed by atoms with E-state index < -0.39 is 11.7 Å². The molecule has 0 aliphatic rings. The van der Waals surface area contributed by atoms with Crippen molar-refractivity contribution in [3.8, 4) is 0 Å². The van der Waals surface area contributed by atoms with Crippen LogP contribution in [0.3, 0.4) is 0 Å². The standard InChI is InChI=1S/C18H27NO5/c1-14(16(20)24-18(2,3)4)9-8-12-19(22)17(21)23-13-15-10-6-5-7-11-15/h5-7,10-11,14,22H,8-9,12-13H2,1-4H3/t14-/m0/s1. The van der Waals surface area contributed by atoms with Crippen LogP contribution in [0.5, 0.6) is 0 Å². The van der Waals surface area contributed by atoms with Gasteiger partial charge in [0.05, 0.1) is 12.5 Å². The maximum atomic E-state index is 11.8. The molecule has 1 aromatic carbocycles. The van der Waals surface area contributed by atoms with Crippen LogP contribution in [0, 0.1) is 5.92 Å². The van der Waals surface area contributed by atoms with Gasteiger partial charge >= 0.3 is 12.1 Å². The molecule has 0 saturated carbocycles. The molecule has 1 atom stereocenters. The quantitative estimate of drug-likeness (QED) is 0.465. The van der Waals surface area contributed by atoms with Crippen LogP contribution in [-0.4, -0.2) is 34.5 Å². The molecule has 0 fully saturated rings. The second-order valence-electron chi connectivity index (χ2n) is 6.74. The molecule has 1 amide bonds. The van der Waals surface area contributed by atoms with Crippen LogP contribution >= 0.6 is 0 Å². The number of esters is 1. The highest BCUT2D eigenvalue weighted by Crippen LogP contribution is 2.15. The van der Waals surface area contributed by atoms with Gasteiger partial charge in [0, 0.05) is 0 Å². The third kappa shape index (κ3) is 7.97. The Morgan fingerprint density at radius 3 is 2.42 bits per heavy atom. The van der Waals surface area contributed by atoms with Crippen molar-refractivity contribution in [2.75, 3.05) is 6.54 Å². The number of rotatable bonds is 7. The number of benzene rings is 1. The van der Waals surface area contributed by atoms with E-state index in [2.05, 4.69) is 0 Å². The molecule has 1 rings (SSSR count). The van der Waals surface area contributed by atoms with E-state index >= 15 is 0 Å². The summed E-state index contributed by atoms with van der Waals surface area (Å²) in [7, 11) is 0. The number of carbonyl (C=O) groups is 2. The second kappa shape index (κ2) is 9.27. The highest BCUT2D eigenvalue weighted by atomic mass is 16.6. The summed E-state index contributed by atoms with van der Waals surface area (Å²) in [6.45, 7) is 7.41. The first-order chi connectivity index (χ1) is 11.2. The summed E-state index contributed by atoms with van der Waals surface area (Å²) in [4.78, 5) is 23.5. The van der Waals surface area contributed by atoms with Crippen molar-refractivity contribution in [1.82, 2.24) is 5.06 Å². The first kappa shape index (κ1) is 20.0. The number of nitrogens with zero attached hydrogens (tertiary/aromatic N) is 1. The zero-order chi connectivity index (χ0) is 18.2. The van der Waals surface area contributed by atoms with E-state index in [4.69, 9.17) is 9.47 Å². The van der Waals surface area contributed by atoms with Gasteiger partial charge in [-0.15, -0.1) is 0 Å². The molecule has 0 aromatic heterocycles. The van der Waals surface area contributed by atoms with Crippen LogP contribution in [0.4, 0.5) is 4.79 Å². The van der Waals surface area contributed by atoms with Crippen LogP contribution in [0.15, 0.2) is 30.3 Å². The van der Waals surface area contributed by atoms with Gasteiger partial charge in [0.25, 0.3) is 0 Å².